The molecule has 124 valence electrons. The predicted molar refractivity (Wildman–Crippen MR) is 88.4 cm³/mol. The average Bonchev–Trinajstić information content (AvgIpc) is 2.95. The van der Waals surface area contributed by atoms with Crippen molar-refractivity contribution in [3.8, 4) is 0 Å². The quantitative estimate of drug-likeness (QED) is 0.711. The zero-order valence-corrected chi connectivity index (χ0v) is 13.5. The van der Waals surface area contributed by atoms with Crippen LogP contribution in [0, 0.1) is 0 Å². The Morgan fingerprint density at radius 2 is 1.96 bits per heavy atom. The normalized spacial score (nSPS) is 11.7. The molecule has 3 rings (SSSR count). The molecule has 0 saturated carbocycles. The van der Waals surface area contributed by atoms with Crippen molar-refractivity contribution in [2.75, 3.05) is 5.32 Å². The van der Waals surface area contributed by atoms with E-state index in [0.717, 1.165) is 28.8 Å². The molecular weight excluding hydrogens is 337 g/mol. The molecule has 0 atom stereocenters. The first-order chi connectivity index (χ1) is 11.4. The second-order valence-electron chi connectivity index (χ2n) is 5.17. The molecule has 3 nitrogen and oxygen atoms in total. The Morgan fingerprint density at radius 1 is 1.21 bits per heavy atom. The van der Waals surface area contributed by atoms with Gasteiger partial charge < -0.3 is 0 Å². The lowest BCUT2D eigenvalue weighted by Crippen LogP contribution is -2.18. The number of carbonyl (C=O) groups is 1. The second kappa shape index (κ2) is 6.24. The topological polar surface area (TPSA) is 42.0 Å². The van der Waals surface area contributed by atoms with Crippen LogP contribution in [-0.4, -0.2) is 10.9 Å². The Bertz CT molecular complexity index is 902. The summed E-state index contributed by atoms with van der Waals surface area (Å²) in [6.45, 7) is 2.03. The molecule has 2 aromatic carbocycles. The van der Waals surface area contributed by atoms with Crippen molar-refractivity contribution in [3.05, 3.63) is 59.2 Å². The van der Waals surface area contributed by atoms with Gasteiger partial charge in [-0.25, -0.2) is 4.98 Å². The predicted octanol–water partition coefficient (Wildman–Crippen LogP) is 5.13. The van der Waals surface area contributed by atoms with Crippen LogP contribution < -0.4 is 5.32 Å². The molecule has 24 heavy (non-hydrogen) atoms. The summed E-state index contributed by atoms with van der Waals surface area (Å²) in [7, 11) is 0. The maximum atomic E-state index is 13.0. The highest BCUT2D eigenvalue weighted by molar-refractivity contribution is 7.22. The number of benzene rings is 2. The molecule has 7 heteroatoms. The van der Waals surface area contributed by atoms with Gasteiger partial charge in [-0.1, -0.05) is 36.5 Å². The van der Waals surface area contributed by atoms with Crippen molar-refractivity contribution >= 4 is 32.6 Å². The van der Waals surface area contributed by atoms with Gasteiger partial charge in [0.1, 0.15) is 0 Å². The summed E-state index contributed by atoms with van der Waals surface area (Å²) in [5.41, 5.74) is 0.457. The number of anilines is 1. The number of aryl methyl sites for hydroxylation is 1. The molecule has 0 radical (unpaired) electrons. The van der Waals surface area contributed by atoms with Gasteiger partial charge in [-0.3, -0.25) is 10.1 Å². The number of thiazole rings is 1. The highest BCUT2D eigenvalue weighted by atomic mass is 32.1. The molecular formula is C17H13F3N2OS. The number of nitrogens with one attached hydrogen (secondary N) is 1. The zero-order valence-electron chi connectivity index (χ0n) is 12.6. The van der Waals surface area contributed by atoms with Crippen LogP contribution in [0.5, 0.6) is 0 Å². The minimum Gasteiger partial charge on any atom is -0.298 e. The van der Waals surface area contributed by atoms with Crippen molar-refractivity contribution in [3.63, 3.8) is 0 Å². The standard InChI is InChI=1S/C17H13F3N2OS/c1-2-10-7-8-13-14(9-10)24-16(21-13)22-15(23)11-5-3-4-6-12(11)17(18,19)20/h3-9H,2H2,1H3,(H,21,22,23). The highest BCUT2D eigenvalue weighted by Gasteiger charge is 2.34. The number of amides is 1. The summed E-state index contributed by atoms with van der Waals surface area (Å²) in [6.07, 6.45) is -3.72. The fourth-order valence-corrected chi connectivity index (χ4v) is 3.26. The Kier molecular flexibility index (Phi) is 4.28. The molecule has 0 bridgehead atoms. The minimum atomic E-state index is -4.59. The number of fused-ring (bicyclic) bond motifs is 1. The fourth-order valence-electron chi connectivity index (χ4n) is 2.34. The monoisotopic (exact) mass is 350 g/mol. The molecule has 0 spiro atoms. The highest BCUT2D eigenvalue weighted by Crippen LogP contribution is 2.33. The molecule has 0 saturated heterocycles. The number of hydrogen-bond acceptors (Lipinski definition) is 3. The van der Waals surface area contributed by atoms with Gasteiger partial charge >= 0.3 is 6.18 Å². The van der Waals surface area contributed by atoms with E-state index >= 15 is 0 Å². The van der Waals surface area contributed by atoms with Crippen LogP contribution in [0.25, 0.3) is 10.2 Å². The van der Waals surface area contributed by atoms with Gasteiger partial charge in [0.2, 0.25) is 0 Å². The molecule has 0 aliphatic carbocycles. The van der Waals surface area contributed by atoms with E-state index in [9.17, 15) is 18.0 Å². The van der Waals surface area contributed by atoms with E-state index in [4.69, 9.17) is 0 Å². The van der Waals surface area contributed by atoms with Crippen molar-refractivity contribution in [2.45, 2.75) is 19.5 Å². The first-order valence-electron chi connectivity index (χ1n) is 7.25. The Hall–Kier alpha value is -2.41. The Balaban J connectivity index is 1.90. The SMILES string of the molecule is CCc1ccc2nc(NC(=O)c3ccccc3C(F)(F)F)sc2c1. The number of nitrogens with zero attached hydrogens (tertiary/aromatic N) is 1. The molecule has 3 aromatic rings. The molecule has 1 N–H and O–H groups in total. The first kappa shape index (κ1) is 16.4. The van der Waals surface area contributed by atoms with Gasteiger partial charge in [0.05, 0.1) is 21.3 Å². The summed E-state index contributed by atoms with van der Waals surface area (Å²) in [5.74, 6) is -0.822. The van der Waals surface area contributed by atoms with Crippen LogP contribution in [0.3, 0.4) is 0 Å². The Labute approximate surface area is 140 Å². The van der Waals surface area contributed by atoms with Crippen LogP contribution in [0.1, 0.15) is 28.4 Å². The molecule has 1 aromatic heterocycles. The van der Waals surface area contributed by atoms with Crippen LogP contribution in [0.4, 0.5) is 18.3 Å². The van der Waals surface area contributed by atoms with Gasteiger partial charge in [-0.15, -0.1) is 0 Å². The summed E-state index contributed by atoms with van der Waals surface area (Å²) in [4.78, 5) is 16.5. The zero-order chi connectivity index (χ0) is 17.3. The van der Waals surface area contributed by atoms with Crippen LogP contribution in [0.2, 0.25) is 0 Å². The largest absolute Gasteiger partial charge is 0.417 e. The van der Waals surface area contributed by atoms with Crippen molar-refractivity contribution in [1.29, 1.82) is 0 Å². The van der Waals surface area contributed by atoms with E-state index in [1.54, 1.807) is 0 Å². The van der Waals surface area contributed by atoms with Gasteiger partial charge in [0.25, 0.3) is 5.91 Å². The van der Waals surface area contributed by atoms with Crippen LogP contribution >= 0.6 is 11.3 Å². The van der Waals surface area contributed by atoms with Gasteiger partial charge in [-0.2, -0.15) is 13.2 Å². The maximum absolute atomic E-state index is 13.0. The lowest BCUT2D eigenvalue weighted by Gasteiger charge is -2.11. The van der Waals surface area contributed by atoms with E-state index < -0.39 is 23.2 Å². The smallest absolute Gasteiger partial charge is 0.298 e. The van der Waals surface area contributed by atoms with E-state index in [1.807, 2.05) is 25.1 Å². The molecule has 0 fully saturated rings. The number of rotatable bonds is 3. The van der Waals surface area contributed by atoms with Gasteiger partial charge in [-0.05, 0) is 36.2 Å². The number of carbonyl (C=O) groups excluding carboxylic acids is 1. The first-order valence-corrected chi connectivity index (χ1v) is 8.07. The summed E-state index contributed by atoms with van der Waals surface area (Å²) < 4.78 is 39.9. The third-order valence-corrected chi connectivity index (χ3v) is 4.49. The summed E-state index contributed by atoms with van der Waals surface area (Å²) >= 11 is 1.24. The van der Waals surface area contributed by atoms with E-state index in [1.165, 1.54) is 23.5 Å². The van der Waals surface area contributed by atoms with E-state index in [0.29, 0.717) is 5.52 Å². The summed E-state index contributed by atoms with van der Waals surface area (Å²) in [6, 6.07) is 10.4. The summed E-state index contributed by atoms with van der Waals surface area (Å²) in [5, 5.41) is 2.74. The lowest BCUT2D eigenvalue weighted by molar-refractivity contribution is -0.137. The van der Waals surface area contributed by atoms with Crippen molar-refractivity contribution in [2.24, 2.45) is 0 Å². The number of alkyl halides is 3. The van der Waals surface area contributed by atoms with E-state index in [-0.39, 0.29) is 5.13 Å². The van der Waals surface area contributed by atoms with E-state index in [2.05, 4.69) is 10.3 Å². The molecule has 0 aliphatic rings. The van der Waals surface area contributed by atoms with Crippen LogP contribution in [0.15, 0.2) is 42.5 Å². The Morgan fingerprint density at radius 3 is 2.67 bits per heavy atom. The third kappa shape index (κ3) is 3.26. The number of halogens is 3. The van der Waals surface area contributed by atoms with Crippen molar-refractivity contribution in [1.82, 2.24) is 4.98 Å². The fraction of sp³-hybridized carbons (Fsp3) is 0.176. The average molecular weight is 350 g/mol. The number of hydrogen-bond donors (Lipinski definition) is 1. The molecule has 1 amide bonds. The lowest BCUT2D eigenvalue weighted by atomic mass is 10.1. The van der Waals surface area contributed by atoms with Crippen LogP contribution in [-0.2, 0) is 12.6 Å². The third-order valence-electron chi connectivity index (χ3n) is 3.56. The van der Waals surface area contributed by atoms with Crippen molar-refractivity contribution < 1.29 is 18.0 Å². The van der Waals surface area contributed by atoms with Gasteiger partial charge in [0.15, 0.2) is 5.13 Å². The molecule has 0 unspecified atom stereocenters. The number of aromatic nitrogens is 1. The molecule has 0 aliphatic heterocycles. The maximum Gasteiger partial charge on any atom is 0.417 e. The molecule has 1 heterocycles. The minimum absolute atomic E-state index is 0.278. The second-order valence-corrected chi connectivity index (χ2v) is 6.20. The van der Waals surface area contributed by atoms with Gasteiger partial charge in [0, 0.05) is 0 Å².